The number of rotatable bonds is 7. The third kappa shape index (κ3) is 5.57. The fraction of sp³-hybridized carbons (Fsp3) is 0.227. The number of benzene rings is 2. The highest BCUT2D eigenvalue weighted by molar-refractivity contribution is 6.30. The van der Waals surface area contributed by atoms with E-state index in [9.17, 15) is 0 Å². The van der Waals surface area contributed by atoms with Crippen LogP contribution >= 0.6 is 24.0 Å². The topological polar surface area (TPSA) is 24.9 Å². The van der Waals surface area contributed by atoms with Gasteiger partial charge in [-0.2, -0.15) is 0 Å². The summed E-state index contributed by atoms with van der Waals surface area (Å²) in [6.45, 7) is 3.81. The van der Waals surface area contributed by atoms with E-state index >= 15 is 0 Å². The van der Waals surface area contributed by atoms with Crippen molar-refractivity contribution in [3.63, 3.8) is 0 Å². The van der Waals surface area contributed by atoms with E-state index < -0.39 is 0 Å². The minimum Gasteiger partial charge on any atom is -0.312 e. The molecule has 0 saturated heterocycles. The summed E-state index contributed by atoms with van der Waals surface area (Å²) < 4.78 is 0. The number of halogens is 2. The molecule has 0 atom stereocenters. The first-order valence-electron chi connectivity index (χ1n) is 8.74. The van der Waals surface area contributed by atoms with Crippen molar-refractivity contribution < 1.29 is 0 Å². The van der Waals surface area contributed by atoms with Gasteiger partial charge in [-0.15, -0.1) is 12.4 Å². The Morgan fingerprint density at radius 2 is 1.62 bits per heavy atom. The number of nitrogens with zero attached hydrogens (tertiary/aromatic N) is 1. The molecular formula is C22H24Cl2N2. The molecule has 0 aliphatic heterocycles. The van der Waals surface area contributed by atoms with Crippen molar-refractivity contribution in [2.45, 2.75) is 26.3 Å². The van der Waals surface area contributed by atoms with Crippen molar-refractivity contribution in [2.75, 3.05) is 6.54 Å². The van der Waals surface area contributed by atoms with Gasteiger partial charge in [-0.3, -0.25) is 0 Å². The summed E-state index contributed by atoms with van der Waals surface area (Å²) in [4.78, 5) is 4.34. The molecule has 136 valence electrons. The van der Waals surface area contributed by atoms with E-state index in [-0.39, 0.29) is 12.4 Å². The lowest BCUT2D eigenvalue weighted by molar-refractivity contribution is 0.685. The highest BCUT2D eigenvalue weighted by Crippen LogP contribution is 2.22. The molecule has 4 heteroatoms. The zero-order valence-corrected chi connectivity index (χ0v) is 16.5. The Balaban J connectivity index is 0.00000243. The van der Waals surface area contributed by atoms with Crippen LogP contribution in [0, 0.1) is 0 Å². The largest absolute Gasteiger partial charge is 0.312 e. The number of aromatic nitrogens is 1. The van der Waals surface area contributed by atoms with Gasteiger partial charge in [0.15, 0.2) is 0 Å². The van der Waals surface area contributed by atoms with E-state index in [1.165, 1.54) is 11.1 Å². The molecule has 3 rings (SSSR count). The first-order valence-corrected chi connectivity index (χ1v) is 9.12. The summed E-state index contributed by atoms with van der Waals surface area (Å²) in [5.41, 5.74) is 6.02. The molecule has 0 unspecified atom stereocenters. The normalized spacial score (nSPS) is 10.4. The predicted molar refractivity (Wildman–Crippen MR) is 113 cm³/mol. The smallest absolute Gasteiger partial charge is 0.133 e. The summed E-state index contributed by atoms with van der Waals surface area (Å²) in [6, 6.07) is 21.2. The van der Waals surface area contributed by atoms with Crippen LogP contribution in [0.4, 0.5) is 0 Å². The van der Waals surface area contributed by atoms with E-state index in [2.05, 4.69) is 59.7 Å². The van der Waals surface area contributed by atoms with Crippen molar-refractivity contribution in [2.24, 2.45) is 0 Å². The molecule has 0 amide bonds. The van der Waals surface area contributed by atoms with Crippen LogP contribution in [-0.2, 0) is 19.4 Å². The molecule has 0 radical (unpaired) electrons. The average Bonchev–Trinajstić information content (AvgIpc) is 2.67. The van der Waals surface area contributed by atoms with Crippen LogP contribution in [0.1, 0.15) is 23.6 Å². The summed E-state index contributed by atoms with van der Waals surface area (Å²) in [7, 11) is 0. The third-order valence-electron chi connectivity index (χ3n) is 4.36. The SMILES string of the molecule is CCc1ccc(CCNCc2cc(-c3ccccc3)cnc2Cl)cc1.Cl. The number of pyridine rings is 1. The van der Waals surface area contributed by atoms with Gasteiger partial charge >= 0.3 is 0 Å². The maximum Gasteiger partial charge on any atom is 0.133 e. The summed E-state index contributed by atoms with van der Waals surface area (Å²) in [5.74, 6) is 0. The zero-order valence-electron chi connectivity index (χ0n) is 14.9. The summed E-state index contributed by atoms with van der Waals surface area (Å²) in [6.07, 6.45) is 3.92. The molecule has 0 bridgehead atoms. The Hall–Kier alpha value is -1.87. The first-order chi connectivity index (χ1) is 12.3. The Kier molecular flexibility index (Phi) is 8.11. The molecular weight excluding hydrogens is 363 g/mol. The molecule has 0 saturated carbocycles. The number of aryl methyl sites for hydroxylation is 1. The van der Waals surface area contributed by atoms with Gasteiger partial charge in [-0.25, -0.2) is 4.98 Å². The maximum atomic E-state index is 6.26. The third-order valence-corrected chi connectivity index (χ3v) is 4.70. The Bertz CT molecular complexity index is 802. The molecule has 0 aliphatic rings. The minimum atomic E-state index is 0. The molecule has 1 aromatic heterocycles. The molecule has 2 nitrogen and oxygen atoms in total. The van der Waals surface area contributed by atoms with Crippen molar-refractivity contribution >= 4 is 24.0 Å². The van der Waals surface area contributed by atoms with E-state index in [1.54, 1.807) is 0 Å². The quantitative estimate of drug-likeness (QED) is 0.414. The van der Waals surface area contributed by atoms with Crippen molar-refractivity contribution in [3.05, 3.63) is 88.7 Å². The van der Waals surface area contributed by atoms with Crippen LogP contribution in [0.25, 0.3) is 11.1 Å². The number of nitrogens with one attached hydrogen (secondary N) is 1. The van der Waals surface area contributed by atoms with Gasteiger partial charge in [0.2, 0.25) is 0 Å². The van der Waals surface area contributed by atoms with E-state index in [1.807, 2.05) is 24.4 Å². The molecule has 26 heavy (non-hydrogen) atoms. The van der Waals surface area contributed by atoms with E-state index in [0.717, 1.165) is 42.6 Å². The minimum absolute atomic E-state index is 0. The second-order valence-corrected chi connectivity index (χ2v) is 6.49. The summed E-state index contributed by atoms with van der Waals surface area (Å²) >= 11 is 6.26. The number of hydrogen-bond acceptors (Lipinski definition) is 2. The van der Waals surface area contributed by atoms with Crippen LogP contribution in [0.5, 0.6) is 0 Å². The average molecular weight is 387 g/mol. The number of hydrogen-bond donors (Lipinski definition) is 1. The Morgan fingerprint density at radius 1 is 0.923 bits per heavy atom. The monoisotopic (exact) mass is 386 g/mol. The van der Waals surface area contributed by atoms with Crippen LogP contribution in [0.2, 0.25) is 5.15 Å². The fourth-order valence-electron chi connectivity index (χ4n) is 2.80. The van der Waals surface area contributed by atoms with E-state index in [0.29, 0.717) is 5.15 Å². The van der Waals surface area contributed by atoms with Crippen LogP contribution < -0.4 is 5.32 Å². The van der Waals surface area contributed by atoms with Gasteiger partial charge < -0.3 is 5.32 Å². The van der Waals surface area contributed by atoms with Crippen molar-refractivity contribution in [1.82, 2.24) is 10.3 Å². The zero-order chi connectivity index (χ0) is 17.5. The molecule has 0 aliphatic carbocycles. The Labute approximate surface area is 167 Å². The lowest BCUT2D eigenvalue weighted by Crippen LogP contribution is -2.17. The molecule has 0 spiro atoms. The van der Waals surface area contributed by atoms with Crippen LogP contribution in [0.15, 0.2) is 66.9 Å². The Morgan fingerprint density at radius 3 is 2.31 bits per heavy atom. The summed E-state index contributed by atoms with van der Waals surface area (Å²) in [5, 5.41) is 4.04. The molecule has 3 aromatic rings. The predicted octanol–water partition coefficient (Wildman–Crippen LogP) is 5.72. The first kappa shape index (κ1) is 20.4. The van der Waals surface area contributed by atoms with Crippen LogP contribution in [0.3, 0.4) is 0 Å². The highest BCUT2D eigenvalue weighted by Gasteiger charge is 2.05. The molecule has 1 heterocycles. The lowest BCUT2D eigenvalue weighted by atomic mass is 10.1. The van der Waals surface area contributed by atoms with Gasteiger partial charge in [0.1, 0.15) is 5.15 Å². The molecule has 0 fully saturated rings. The van der Waals surface area contributed by atoms with E-state index in [4.69, 9.17) is 11.6 Å². The lowest BCUT2D eigenvalue weighted by Gasteiger charge is -2.09. The fourth-order valence-corrected chi connectivity index (χ4v) is 2.97. The van der Waals surface area contributed by atoms with Crippen molar-refractivity contribution in [1.29, 1.82) is 0 Å². The van der Waals surface area contributed by atoms with Crippen molar-refractivity contribution in [3.8, 4) is 11.1 Å². The van der Waals surface area contributed by atoms with Crippen LogP contribution in [-0.4, -0.2) is 11.5 Å². The second kappa shape index (κ2) is 10.3. The molecule has 2 aromatic carbocycles. The van der Waals surface area contributed by atoms with Gasteiger partial charge in [0.05, 0.1) is 0 Å². The maximum absolute atomic E-state index is 6.26. The highest BCUT2D eigenvalue weighted by atomic mass is 35.5. The van der Waals surface area contributed by atoms with Gasteiger partial charge in [-0.05, 0) is 42.1 Å². The van der Waals surface area contributed by atoms with Gasteiger partial charge in [0.25, 0.3) is 0 Å². The standard InChI is InChI=1S/C22H23ClN2.ClH/c1-2-17-8-10-18(11-9-17)12-13-24-15-21-14-20(16-25-22(21)23)19-6-4-3-5-7-19;/h3-11,14,16,24H,2,12-13,15H2,1H3;1H. The molecule has 1 N–H and O–H groups in total. The van der Waals surface area contributed by atoms with Gasteiger partial charge in [-0.1, -0.05) is 73.1 Å². The van der Waals surface area contributed by atoms with Gasteiger partial charge in [0, 0.05) is 23.9 Å². The second-order valence-electron chi connectivity index (χ2n) is 6.14.